The Bertz CT molecular complexity index is 564. The van der Waals surface area contributed by atoms with E-state index in [0.29, 0.717) is 12.1 Å². The van der Waals surface area contributed by atoms with Gasteiger partial charge in [-0.25, -0.2) is 0 Å². The highest BCUT2D eigenvalue weighted by Crippen LogP contribution is 2.20. The fraction of sp³-hybridized carbons (Fsp3) is 0.455. The van der Waals surface area contributed by atoms with Crippen LogP contribution in [0.1, 0.15) is 47.9 Å². The Labute approximate surface area is 158 Å². The molecule has 2 unspecified atom stereocenters. The van der Waals surface area contributed by atoms with Crippen molar-refractivity contribution >= 4 is 12.4 Å². The molecule has 3 rings (SSSR count). The molecule has 0 aromatic heterocycles. The van der Waals surface area contributed by atoms with Gasteiger partial charge >= 0.3 is 0 Å². The lowest BCUT2D eigenvalue weighted by molar-refractivity contribution is 0.281. The van der Waals surface area contributed by atoms with Gasteiger partial charge in [-0.15, -0.1) is 12.4 Å². The van der Waals surface area contributed by atoms with Crippen molar-refractivity contribution in [3.63, 3.8) is 0 Å². The van der Waals surface area contributed by atoms with Crippen molar-refractivity contribution in [2.45, 2.75) is 64.7 Å². The predicted molar refractivity (Wildman–Crippen MR) is 109 cm³/mol. The van der Waals surface area contributed by atoms with Crippen LogP contribution in [0.4, 0.5) is 0 Å². The Hall–Kier alpha value is -1.35. The summed E-state index contributed by atoms with van der Waals surface area (Å²) in [7, 11) is 0. The predicted octanol–water partition coefficient (Wildman–Crippen LogP) is 4.92. The monoisotopic (exact) mass is 358 g/mol. The lowest BCUT2D eigenvalue weighted by Gasteiger charge is -2.33. The minimum Gasteiger partial charge on any atom is -0.308 e. The van der Waals surface area contributed by atoms with Gasteiger partial charge in [-0.2, -0.15) is 0 Å². The zero-order valence-electron chi connectivity index (χ0n) is 15.4. The third-order valence-electron chi connectivity index (χ3n) is 5.14. The number of benzene rings is 2. The summed E-state index contributed by atoms with van der Waals surface area (Å²) in [5, 5.41) is 7.58. The lowest BCUT2D eigenvalue weighted by atomic mass is 9.90. The smallest absolute Gasteiger partial charge is 0.0224 e. The molecule has 3 heteroatoms. The quantitative estimate of drug-likeness (QED) is 0.766. The molecular formula is C22H31ClN2. The maximum atomic E-state index is 3.79. The van der Waals surface area contributed by atoms with Crippen LogP contribution in [0.3, 0.4) is 0 Å². The van der Waals surface area contributed by atoms with E-state index in [2.05, 4.69) is 73.0 Å². The molecule has 136 valence electrons. The number of nitrogens with one attached hydrogen (secondary N) is 2. The van der Waals surface area contributed by atoms with Crippen LogP contribution in [0.2, 0.25) is 0 Å². The fourth-order valence-electron chi connectivity index (χ4n) is 3.53. The summed E-state index contributed by atoms with van der Waals surface area (Å²) in [6, 6.07) is 18.9. The van der Waals surface area contributed by atoms with Crippen molar-refractivity contribution in [2.75, 3.05) is 0 Å². The molecule has 0 bridgehead atoms. The highest BCUT2D eigenvalue weighted by atomic mass is 35.5. The van der Waals surface area contributed by atoms with Gasteiger partial charge in [-0.1, -0.05) is 72.5 Å². The second-order valence-electron chi connectivity index (χ2n) is 7.23. The van der Waals surface area contributed by atoms with Gasteiger partial charge in [-0.3, -0.25) is 0 Å². The molecule has 0 aliphatic heterocycles. The zero-order chi connectivity index (χ0) is 16.8. The van der Waals surface area contributed by atoms with Crippen molar-refractivity contribution in [3.05, 3.63) is 70.8 Å². The summed E-state index contributed by atoms with van der Waals surface area (Å²) in [4.78, 5) is 0. The molecule has 0 spiro atoms. The van der Waals surface area contributed by atoms with E-state index in [1.807, 2.05) is 0 Å². The van der Waals surface area contributed by atoms with Crippen molar-refractivity contribution in [3.8, 4) is 0 Å². The number of hydrogen-bond acceptors (Lipinski definition) is 2. The third kappa shape index (κ3) is 6.14. The normalized spacial score (nSPS) is 20.1. The first-order valence-electron chi connectivity index (χ1n) is 9.28. The van der Waals surface area contributed by atoms with E-state index in [0.717, 1.165) is 13.1 Å². The SMILES string of the molecule is Cc1ccc(CNC2CCCCC2NCc2ccc(C)cc2)cc1.Cl. The van der Waals surface area contributed by atoms with E-state index in [9.17, 15) is 0 Å². The lowest BCUT2D eigenvalue weighted by Crippen LogP contribution is -2.49. The molecule has 1 fully saturated rings. The molecular weight excluding hydrogens is 328 g/mol. The summed E-state index contributed by atoms with van der Waals surface area (Å²) < 4.78 is 0. The molecule has 2 N–H and O–H groups in total. The molecule has 1 aliphatic rings. The van der Waals surface area contributed by atoms with Gasteiger partial charge in [0.2, 0.25) is 0 Å². The van der Waals surface area contributed by atoms with Gasteiger partial charge in [-0.05, 0) is 37.8 Å². The van der Waals surface area contributed by atoms with Crippen LogP contribution in [-0.2, 0) is 13.1 Å². The van der Waals surface area contributed by atoms with Crippen LogP contribution in [-0.4, -0.2) is 12.1 Å². The molecule has 2 aromatic rings. The van der Waals surface area contributed by atoms with E-state index < -0.39 is 0 Å². The summed E-state index contributed by atoms with van der Waals surface area (Å²) in [5.74, 6) is 0. The summed E-state index contributed by atoms with van der Waals surface area (Å²) in [5.41, 5.74) is 5.41. The molecule has 1 aliphatic carbocycles. The Balaban J connectivity index is 0.00000225. The van der Waals surface area contributed by atoms with Gasteiger partial charge in [0, 0.05) is 25.2 Å². The first-order valence-corrected chi connectivity index (χ1v) is 9.28. The van der Waals surface area contributed by atoms with Crippen LogP contribution < -0.4 is 10.6 Å². The van der Waals surface area contributed by atoms with Gasteiger partial charge < -0.3 is 10.6 Å². The maximum absolute atomic E-state index is 3.79. The Morgan fingerprint density at radius 1 is 0.680 bits per heavy atom. The molecule has 2 aromatic carbocycles. The van der Waals surface area contributed by atoms with E-state index >= 15 is 0 Å². The fourth-order valence-corrected chi connectivity index (χ4v) is 3.53. The van der Waals surface area contributed by atoms with E-state index in [1.165, 1.54) is 47.9 Å². The van der Waals surface area contributed by atoms with Gasteiger partial charge in [0.15, 0.2) is 0 Å². The van der Waals surface area contributed by atoms with Gasteiger partial charge in [0.05, 0.1) is 0 Å². The highest BCUT2D eigenvalue weighted by Gasteiger charge is 2.24. The molecule has 2 nitrogen and oxygen atoms in total. The molecule has 0 amide bonds. The number of aryl methyl sites for hydroxylation is 2. The topological polar surface area (TPSA) is 24.1 Å². The van der Waals surface area contributed by atoms with Crippen molar-refractivity contribution < 1.29 is 0 Å². The number of rotatable bonds is 6. The van der Waals surface area contributed by atoms with Crippen molar-refractivity contribution in [1.29, 1.82) is 0 Å². The largest absolute Gasteiger partial charge is 0.308 e. The molecule has 2 atom stereocenters. The summed E-state index contributed by atoms with van der Waals surface area (Å²) in [6.45, 7) is 6.22. The molecule has 0 radical (unpaired) electrons. The Morgan fingerprint density at radius 2 is 1.04 bits per heavy atom. The molecule has 25 heavy (non-hydrogen) atoms. The van der Waals surface area contributed by atoms with E-state index in [4.69, 9.17) is 0 Å². The Morgan fingerprint density at radius 3 is 1.40 bits per heavy atom. The van der Waals surface area contributed by atoms with Crippen LogP contribution in [0.25, 0.3) is 0 Å². The molecule has 0 saturated heterocycles. The van der Waals surface area contributed by atoms with Gasteiger partial charge in [0.25, 0.3) is 0 Å². The number of halogens is 1. The highest BCUT2D eigenvalue weighted by molar-refractivity contribution is 5.85. The van der Waals surface area contributed by atoms with Crippen LogP contribution in [0.5, 0.6) is 0 Å². The summed E-state index contributed by atoms with van der Waals surface area (Å²) in [6.07, 6.45) is 5.23. The second-order valence-corrected chi connectivity index (χ2v) is 7.23. The van der Waals surface area contributed by atoms with Crippen LogP contribution in [0, 0.1) is 13.8 Å². The number of hydrogen-bond donors (Lipinski definition) is 2. The molecule has 0 heterocycles. The summed E-state index contributed by atoms with van der Waals surface area (Å²) >= 11 is 0. The molecule has 1 saturated carbocycles. The standard InChI is InChI=1S/C22H30N2.ClH/c1-17-7-11-19(12-8-17)15-23-21-5-3-4-6-22(21)24-16-20-13-9-18(2)10-14-20;/h7-14,21-24H,3-6,15-16H2,1-2H3;1H. The Kier molecular flexibility index (Phi) is 7.95. The zero-order valence-corrected chi connectivity index (χ0v) is 16.2. The van der Waals surface area contributed by atoms with Crippen molar-refractivity contribution in [1.82, 2.24) is 10.6 Å². The van der Waals surface area contributed by atoms with Crippen molar-refractivity contribution in [2.24, 2.45) is 0 Å². The minimum atomic E-state index is 0. The van der Waals surface area contributed by atoms with Crippen LogP contribution in [0.15, 0.2) is 48.5 Å². The van der Waals surface area contributed by atoms with Crippen LogP contribution >= 0.6 is 12.4 Å². The first-order chi connectivity index (χ1) is 11.7. The van der Waals surface area contributed by atoms with E-state index in [1.54, 1.807) is 0 Å². The first kappa shape index (κ1) is 20.0. The van der Waals surface area contributed by atoms with Gasteiger partial charge in [0.1, 0.15) is 0 Å². The maximum Gasteiger partial charge on any atom is 0.0224 e. The minimum absolute atomic E-state index is 0. The average Bonchev–Trinajstić information content (AvgIpc) is 2.61. The third-order valence-corrected chi connectivity index (χ3v) is 5.14. The van der Waals surface area contributed by atoms with E-state index in [-0.39, 0.29) is 12.4 Å². The average molecular weight is 359 g/mol. The second kappa shape index (κ2) is 9.96.